The highest BCUT2D eigenvalue weighted by atomic mass is 16.7. The maximum absolute atomic E-state index is 6.42. The topological polar surface area (TPSA) is 18.5 Å². The highest BCUT2D eigenvalue weighted by Gasteiger charge is 2.60. The molecule has 0 N–H and O–H groups in total. The van der Waals surface area contributed by atoms with Crippen molar-refractivity contribution in [2.24, 2.45) is 46.3 Å². The second kappa shape index (κ2) is 11.0. The molecule has 1 aromatic rings. The maximum Gasteiger partial charge on any atom is 0.494 e. The summed E-state index contributed by atoms with van der Waals surface area (Å²) < 4.78 is 12.8. The lowest BCUT2D eigenvalue weighted by molar-refractivity contribution is -0.114. The lowest BCUT2D eigenvalue weighted by atomic mass is 9.44. The average molecular weight is 561 g/mol. The van der Waals surface area contributed by atoms with E-state index in [0.717, 1.165) is 35.5 Å². The minimum atomic E-state index is -0.290. The third kappa shape index (κ3) is 5.30. The number of hydrogen-bond acceptors (Lipinski definition) is 2. The normalized spacial score (nSPS) is 41.2. The van der Waals surface area contributed by atoms with Crippen molar-refractivity contribution in [3.05, 3.63) is 29.8 Å². The van der Waals surface area contributed by atoms with Crippen molar-refractivity contribution >= 4 is 12.6 Å². The summed E-state index contributed by atoms with van der Waals surface area (Å²) in [6.07, 6.45) is 19.0. The predicted molar refractivity (Wildman–Crippen MR) is 173 cm³/mol. The monoisotopic (exact) mass is 560 g/mol. The summed E-state index contributed by atoms with van der Waals surface area (Å²) in [5.41, 5.74) is 3.33. The van der Waals surface area contributed by atoms with Crippen LogP contribution in [0.15, 0.2) is 24.3 Å². The van der Waals surface area contributed by atoms with Crippen molar-refractivity contribution in [3.8, 4) is 0 Å². The predicted octanol–water partition coefficient (Wildman–Crippen LogP) is 9.94. The van der Waals surface area contributed by atoms with Crippen molar-refractivity contribution in [1.82, 2.24) is 0 Å². The lowest BCUT2D eigenvalue weighted by Gasteiger charge is -2.61. The molecule has 0 bridgehead atoms. The zero-order valence-corrected chi connectivity index (χ0v) is 27.9. The second-order valence-corrected chi connectivity index (χ2v) is 17.4. The van der Waals surface area contributed by atoms with Gasteiger partial charge in [-0.25, -0.2) is 0 Å². The van der Waals surface area contributed by atoms with Crippen LogP contribution >= 0.6 is 0 Å². The molecular weight excluding hydrogens is 499 g/mol. The van der Waals surface area contributed by atoms with Gasteiger partial charge in [-0.1, -0.05) is 71.2 Å². The summed E-state index contributed by atoms with van der Waals surface area (Å²) in [6, 6.07) is 9.27. The molecule has 1 aromatic carbocycles. The first-order chi connectivity index (χ1) is 19.3. The van der Waals surface area contributed by atoms with Crippen LogP contribution in [0, 0.1) is 46.3 Å². The Hall–Kier alpha value is -0.795. The third-order valence-electron chi connectivity index (χ3n) is 14.4. The molecule has 1 unspecified atom stereocenters. The summed E-state index contributed by atoms with van der Waals surface area (Å²) >= 11 is 0. The van der Waals surface area contributed by atoms with Crippen LogP contribution in [0.3, 0.4) is 0 Å². The first kappa shape index (κ1) is 30.2. The molecule has 4 aliphatic carbocycles. The first-order valence-corrected chi connectivity index (χ1v) is 17.8. The number of hydrogen-bond donors (Lipinski definition) is 0. The molecule has 2 nitrogen and oxygen atoms in total. The SMILES string of the molecule is CC(C)CCCC[C@H]1CC[C@H]2[C@@H]3CC[C@H]4CC(c5cccc(B6OC(C)(C)C(C)(C)O6)c5)CC[C@]4(C)[C@H]3CC[C@]12C. The first-order valence-electron chi connectivity index (χ1n) is 17.8. The van der Waals surface area contributed by atoms with E-state index in [1.807, 2.05) is 0 Å². The van der Waals surface area contributed by atoms with E-state index in [2.05, 4.69) is 79.7 Å². The Morgan fingerprint density at radius 1 is 0.805 bits per heavy atom. The molecule has 3 heteroatoms. The Morgan fingerprint density at radius 3 is 2.24 bits per heavy atom. The Kier molecular flexibility index (Phi) is 8.10. The van der Waals surface area contributed by atoms with Gasteiger partial charge in [-0.2, -0.15) is 0 Å². The van der Waals surface area contributed by atoms with Gasteiger partial charge in [0.1, 0.15) is 0 Å². The van der Waals surface area contributed by atoms with Crippen LogP contribution in [0.4, 0.5) is 0 Å². The van der Waals surface area contributed by atoms with Gasteiger partial charge in [0.15, 0.2) is 0 Å². The minimum absolute atomic E-state index is 0.258. The molecule has 6 rings (SSSR count). The molecule has 5 aliphatic rings. The van der Waals surface area contributed by atoms with E-state index < -0.39 is 0 Å². The van der Waals surface area contributed by atoms with Gasteiger partial charge in [0.2, 0.25) is 0 Å². The number of fused-ring (bicyclic) bond motifs is 5. The molecule has 1 heterocycles. The molecule has 0 aromatic heterocycles. The van der Waals surface area contributed by atoms with Gasteiger partial charge in [0.25, 0.3) is 0 Å². The number of unbranched alkanes of at least 4 members (excludes halogenated alkanes) is 1. The summed E-state index contributed by atoms with van der Waals surface area (Å²) in [5, 5.41) is 0. The van der Waals surface area contributed by atoms with Gasteiger partial charge >= 0.3 is 7.12 Å². The molecule has 0 spiro atoms. The summed E-state index contributed by atoms with van der Waals surface area (Å²) in [6.45, 7) is 18.9. The van der Waals surface area contributed by atoms with Crippen molar-refractivity contribution in [3.63, 3.8) is 0 Å². The molecule has 0 amide bonds. The quantitative estimate of drug-likeness (QED) is 0.244. The minimum Gasteiger partial charge on any atom is -0.399 e. The zero-order chi connectivity index (χ0) is 29.2. The van der Waals surface area contributed by atoms with Crippen LogP contribution in [-0.4, -0.2) is 18.3 Å². The maximum atomic E-state index is 6.42. The van der Waals surface area contributed by atoms with Crippen LogP contribution in [0.2, 0.25) is 0 Å². The summed E-state index contributed by atoms with van der Waals surface area (Å²) in [7, 11) is -0.258. The van der Waals surface area contributed by atoms with E-state index in [1.165, 1.54) is 94.5 Å². The fraction of sp³-hybridized carbons (Fsp3) is 0.842. The van der Waals surface area contributed by atoms with Gasteiger partial charge in [-0.15, -0.1) is 0 Å². The van der Waals surface area contributed by atoms with Crippen LogP contribution in [0.5, 0.6) is 0 Å². The largest absolute Gasteiger partial charge is 0.494 e. The standard InChI is InChI=1S/C38H61BO2/c1-26(2)12-9-10-14-29-17-19-33-32-18-16-30-24-28(20-22-38(30,8)34(32)21-23-37(29,33)7)27-13-11-15-31(25-27)39-40-35(3,4)36(5,6)41-39/h11,13,15,25-26,28-30,32-34H,9-10,12,14,16-24H2,1-8H3/t28?,29-,30-,32-,33-,34-,37+,38-/m0/s1. The highest BCUT2D eigenvalue weighted by molar-refractivity contribution is 6.62. The fourth-order valence-corrected chi connectivity index (χ4v) is 11.0. The van der Waals surface area contributed by atoms with Gasteiger partial charge in [-0.3, -0.25) is 0 Å². The molecule has 1 saturated heterocycles. The van der Waals surface area contributed by atoms with Crippen molar-refractivity contribution in [1.29, 1.82) is 0 Å². The average Bonchev–Trinajstić information content (AvgIpc) is 3.37. The lowest BCUT2D eigenvalue weighted by Crippen LogP contribution is -2.53. The Labute approximate surface area is 253 Å². The van der Waals surface area contributed by atoms with Gasteiger partial charge in [-0.05, 0) is 155 Å². The molecule has 41 heavy (non-hydrogen) atoms. The zero-order valence-electron chi connectivity index (χ0n) is 27.9. The molecule has 5 fully saturated rings. The van der Waals surface area contributed by atoms with E-state index in [-0.39, 0.29) is 18.3 Å². The fourth-order valence-electron chi connectivity index (χ4n) is 11.0. The summed E-state index contributed by atoms with van der Waals surface area (Å²) in [4.78, 5) is 0. The van der Waals surface area contributed by atoms with E-state index in [0.29, 0.717) is 16.7 Å². The van der Waals surface area contributed by atoms with Crippen molar-refractivity contribution in [2.75, 3.05) is 0 Å². The second-order valence-electron chi connectivity index (χ2n) is 17.4. The van der Waals surface area contributed by atoms with E-state index in [1.54, 1.807) is 0 Å². The van der Waals surface area contributed by atoms with Crippen LogP contribution in [0.1, 0.15) is 150 Å². The van der Waals surface area contributed by atoms with E-state index in [9.17, 15) is 0 Å². The Morgan fingerprint density at radius 2 is 1.51 bits per heavy atom. The molecule has 8 atom stereocenters. The Balaban J connectivity index is 1.11. The van der Waals surface area contributed by atoms with E-state index >= 15 is 0 Å². The molecule has 4 saturated carbocycles. The smallest absolute Gasteiger partial charge is 0.399 e. The van der Waals surface area contributed by atoms with E-state index in [4.69, 9.17) is 9.31 Å². The number of benzene rings is 1. The van der Waals surface area contributed by atoms with Crippen LogP contribution in [-0.2, 0) is 9.31 Å². The summed E-state index contributed by atoms with van der Waals surface area (Å²) in [5.74, 6) is 6.40. The van der Waals surface area contributed by atoms with Gasteiger partial charge in [0, 0.05) is 0 Å². The molecule has 1 aliphatic heterocycles. The van der Waals surface area contributed by atoms with Gasteiger partial charge < -0.3 is 9.31 Å². The molecular formula is C38H61BO2. The van der Waals surface area contributed by atoms with Crippen LogP contribution in [0.25, 0.3) is 0 Å². The number of rotatable bonds is 7. The van der Waals surface area contributed by atoms with Crippen molar-refractivity contribution < 1.29 is 9.31 Å². The van der Waals surface area contributed by atoms with Gasteiger partial charge in [0.05, 0.1) is 11.2 Å². The Bertz CT molecular complexity index is 1060. The highest BCUT2D eigenvalue weighted by Crippen LogP contribution is 2.68. The third-order valence-corrected chi connectivity index (χ3v) is 14.4. The molecule has 228 valence electrons. The molecule has 0 radical (unpaired) electrons. The van der Waals surface area contributed by atoms with Crippen LogP contribution < -0.4 is 5.46 Å². The van der Waals surface area contributed by atoms with Crippen molar-refractivity contribution in [2.45, 2.75) is 156 Å².